The molecule has 3 rings (SSSR count). The van der Waals surface area contributed by atoms with Crippen LogP contribution in [0.1, 0.15) is 40.2 Å². The standard InChI is InChI=1S/C27H26N2O6S/c1-5-33-23(30)15-35-22-12-11-18-9-7-8-10-20(18)21(22)13-19(14-28)25(31)29-26-24(27(32)34-6-2)16(3)17(4)36-26/h7-13H,5-6,15H2,1-4H3,(H,29,31)/b19-13+. The Morgan fingerprint density at radius 2 is 1.78 bits per heavy atom. The Labute approximate surface area is 213 Å². The van der Waals surface area contributed by atoms with Gasteiger partial charge in [-0.1, -0.05) is 30.3 Å². The molecule has 0 aliphatic carbocycles. The van der Waals surface area contributed by atoms with E-state index in [0.717, 1.165) is 15.6 Å². The Balaban J connectivity index is 2.01. The number of carbonyl (C=O) groups excluding carboxylic acids is 3. The second-order valence-electron chi connectivity index (χ2n) is 7.62. The number of nitriles is 1. The van der Waals surface area contributed by atoms with Gasteiger partial charge in [-0.3, -0.25) is 4.79 Å². The number of fused-ring (bicyclic) bond motifs is 1. The van der Waals surface area contributed by atoms with Crippen LogP contribution in [0.4, 0.5) is 5.00 Å². The van der Waals surface area contributed by atoms with E-state index in [9.17, 15) is 19.6 Å². The van der Waals surface area contributed by atoms with Gasteiger partial charge < -0.3 is 19.5 Å². The van der Waals surface area contributed by atoms with Gasteiger partial charge in [-0.15, -0.1) is 11.3 Å². The summed E-state index contributed by atoms with van der Waals surface area (Å²) < 4.78 is 15.7. The highest BCUT2D eigenvalue weighted by molar-refractivity contribution is 7.16. The van der Waals surface area contributed by atoms with E-state index < -0.39 is 17.8 Å². The molecule has 0 aliphatic heterocycles. The maximum Gasteiger partial charge on any atom is 0.344 e. The number of aryl methyl sites for hydroxylation is 1. The van der Waals surface area contributed by atoms with E-state index in [1.165, 1.54) is 17.4 Å². The third kappa shape index (κ3) is 5.90. The molecule has 8 nitrogen and oxygen atoms in total. The smallest absolute Gasteiger partial charge is 0.344 e. The number of ether oxygens (including phenoxy) is 3. The minimum atomic E-state index is -0.687. The Morgan fingerprint density at radius 3 is 2.47 bits per heavy atom. The van der Waals surface area contributed by atoms with Crippen molar-refractivity contribution in [2.24, 2.45) is 0 Å². The molecule has 0 radical (unpaired) electrons. The van der Waals surface area contributed by atoms with E-state index in [0.29, 0.717) is 21.9 Å². The first kappa shape index (κ1) is 26.4. The molecule has 186 valence electrons. The summed E-state index contributed by atoms with van der Waals surface area (Å²) in [4.78, 5) is 38.3. The number of benzene rings is 2. The van der Waals surface area contributed by atoms with Gasteiger partial charge in [-0.2, -0.15) is 5.26 Å². The molecule has 1 heterocycles. The monoisotopic (exact) mass is 506 g/mol. The quantitative estimate of drug-likeness (QED) is 0.241. The first-order chi connectivity index (χ1) is 17.3. The molecule has 36 heavy (non-hydrogen) atoms. The van der Waals surface area contributed by atoms with Crippen molar-refractivity contribution in [1.82, 2.24) is 0 Å². The average Bonchev–Trinajstić information content (AvgIpc) is 3.14. The van der Waals surface area contributed by atoms with Crippen molar-refractivity contribution in [1.29, 1.82) is 5.26 Å². The Bertz CT molecular complexity index is 1380. The van der Waals surface area contributed by atoms with Gasteiger partial charge in [0.1, 0.15) is 22.4 Å². The molecule has 0 unspecified atom stereocenters. The fourth-order valence-corrected chi connectivity index (χ4v) is 4.56. The minimum absolute atomic E-state index is 0.194. The number of nitrogens with one attached hydrogen (secondary N) is 1. The molecule has 0 fully saturated rings. The summed E-state index contributed by atoms with van der Waals surface area (Å²) in [6.07, 6.45) is 1.41. The summed E-state index contributed by atoms with van der Waals surface area (Å²) in [7, 11) is 0. The van der Waals surface area contributed by atoms with Gasteiger partial charge in [0.05, 0.1) is 18.8 Å². The molecule has 3 aromatic rings. The summed E-state index contributed by atoms with van der Waals surface area (Å²) in [5.41, 5.74) is 1.24. The van der Waals surface area contributed by atoms with E-state index in [1.807, 2.05) is 43.3 Å². The molecule has 0 saturated carbocycles. The highest BCUT2D eigenvalue weighted by Crippen LogP contribution is 2.34. The van der Waals surface area contributed by atoms with Crippen LogP contribution in [0.3, 0.4) is 0 Å². The molecule has 0 saturated heterocycles. The van der Waals surface area contributed by atoms with Crippen LogP contribution in [-0.2, 0) is 19.1 Å². The summed E-state index contributed by atoms with van der Waals surface area (Å²) in [5, 5.41) is 14.4. The van der Waals surface area contributed by atoms with Crippen LogP contribution in [0.2, 0.25) is 0 Å². The lowest BCUT2D eigenvalue weighted by molar-refractivity contribution is -0.145. The van der Waals surface area contributed by atoms with Crippen molar-refractivity contribution in [2.45, 2.75) is 27.7 Å². The zero-order chi connectivity index (χ0) is 26.2. The maximum atomic E-state index is 13.1. The molecule has 1 aromatic heterocycles. The van der Waals surface area contributed by atoms with Gasteiger partial charge in [0.2, 0.25) is 0 Å². The second kappa shape index (κ2) is 12.0. The second-order valence-corrected chi connectivity index (χ2v) is 8.85. The van der Waals surface area contributed by atoms with Gasteiger partial charge in [0, 0.05) is 10.4 Å². The number of thiophene rings is 1. The molecule has 0 aliphatic rings. The average molecular weight is 507 g/mol. The van der Waals surface area contributed by atoms with Crippen LogP contribution in [0, 0.1) is 25.2 Å². The van der Waals surface area contributed by atoms with Crippen molar-refractivity contribution >= 4 is 51.0 Å². The van der Waals surface area contributed by atoms with Gasteiger partial charge in [0.25, 0.3) is 5.91 Å². The van der Waals surface area contributed by atoms with Crippen LogP contribution in [0.15, 0.2) is 42.0 Å². The Morgan fingerprint density at radius 1 is 1.06 bits per heavy atom. The topological polar surface area (TPSA) is 115 Å². The highest BCUT2D eigenvalue weighted by atomic mass is 32.1. The summed E-state index contributed by atoms with van der Waals surface area (Å²) in [5.74, 6) is -1.44. The van der Waals surface area contributed by atoms with Gasteiger partial charge >= 0.3 is 11.9 Å². The van der Waals surface area contributed by atoms with Crippen LogP contribution < -0.4 is 10.1 Å². The number of hydrogen-bond acceptors (Lipinski definition) is 8. The summed E-state index contributed by atoms with van der Waals surface area (Å²) in [6, 6.07) is 12.8. The van der Waals surface area contributed by atoms with Crippen molar-refractivity contribution in [2.75, 3.05) is 25.1 Å². The molecule has 2 aromatic carbocycles. The van der Waals surface area contributed by atoms with E-state index in [-0.39, 0.29) is 31.0 Å². The van der Waals surface area contributed by atoms with Crippen LogP contribution in [0.25, 0.3) is 16.8 Å². The lowest BCUT2D eigenvalue weighted by atomic mass is 10.0. The zero-order valence-electron chi connectivity index (χ0n) is 20.5. The predicted molar refractivity (Wildman–Crippen MR) is 138 cm³/mol. The number of rotatable bonds is 9. The first-order valence-electron chi connectivity index (χ1n) is 11.3. The van der Waals surface area contributed by atoms with Crippen molar-refractivity contribution in [3.63, 3.8) is 0 Å². The van der Waals surface area contributed by atoms with E-state index in [4.69, 9.17) is 14.2 Å². The lowest BCUT2D eigenvalue weighted by Crippen LogP contribution is -2.16. The molecule has 1 amide bonds. The molecule has 0 spiro atoms. The van der Waals surface area contributed by atoms with E-state index in [1.54, 1.807) is 26.8 Å². The van der Waals surface area contributed by atoms with Crippen molar-refractivity contribution in [3.8, 4) is 11.8 Å². The predicted octanol–water partition coefficient (Wildman–Crippen LogP) is 5.18. The molecule has 1 N–H and O–H groups in total. The number of amides is 1. The Kier molecular flexibility index (Phi) is 8.81. The normalized spacial score (nSPS) is 11.0. The van der Waals surface area contributed by atoms with Gasteiger partial charge in [-0.05, 0) is 56.2 Å². The largest absolute Gasteiger partial charge is 0.481 e. The SMILES string of the molecule is CCOC(=O)COc1ccc2ccccc2c1/C=C(\C#N)C(=O)Nc1sc(C)c(C)c1C(=O)OCC. The number of nitrogens with zero attached hydrogens (tertiary/aromatic N) is 1. The maximum absolute atomic E-state index is 13.1. The minimum Gasteiger partial charge on any atom is -0.481 e. The molecule has 9 heteroatoms. The fraction of sp³-hybridized carbons (Fsp3) is 0.259. The number of anilines is 1. The molecular formula is C27H26N2O6S. The van der Waals surface area contributed by atoms with Crippen molar-refractivity contribution < 1.29 is 28.6 Å². The number of esters is 2. The summed E-state index contributed by atoms with van der Waals surface area (Å²) in [6.45, 7) is 7.11. The third-order valence-electron chi connectivity index (χ3n) is 5.33. The van der Waals surface area contributed by atoms with Crippen LogP contribution >= 0.6 is 11.3 Å². The molecule has 0 bridgehead atoms. The Hall–Kier alpha value is -4.16. The first-order valence-corrected chi connectivity index (χ1v) is 12.1. The highest BCUT2D eigenvalue weighted by Gasteiger charge is 2.23. The van der Waals surface area contributed by atoms with Gasteiger partial charge in [0.15, 0.2) is 6.61 Å². The van der Waals surface area contributed by atoms with Crippen LogP contribution in [-0.4, -0.2) is 37.7 Å². The van der Waals surface area contributed by atoms with E-state index >= 15 is 0 Å². The molecular weight excluding hydrogens is 480 g/mol. The lowest BCUT2D eigenvalue weighted by Gasteiger charge is -2.12. The number of hydrogen-bond donors (Lipinski definition) is 1. The van der Waals surface area contributed by atoms with Gasteiger partial charge in [-0.25, -0.2) is 9.59 Å². The fourth-order valence-electron chi connectivity index (χ4n) is 3.52. The number of carbonyl (C=O) groups is 3. The van der Waals surface area contributed by atoms with E-state index in [2.05, 4.69) is 5.32 Å². The summed E-state index contributed by atoms with van der Waals surface area (Å²) >= 11 is 1.23. The van der Waals surface area contributed by atoms with Crippen molar-refractivity contribution in [3.05, 3.63) is 63.5 Å². The third-order valence-corrected chi connectivity index (χ3v) is 6.45. The molecule has 0 atom stereocenters. The zero-order valence-corrected chi connectivity index (χ0v) is 21.3. The van der Waals surface area contributed by atoms with Crippen LogP contribution in [0.5, 0.6) is 5.75 Å².